The number of nitrogens with zero attached hydrogens (tertiary/aromatic N) is 6. The summed E-state index contributed by atoms with van der Waals surface area (Å²) in [7, 11) is 1.85. The van der Waals surface area contributed by atoms with Crippen LogP contribution >= 0.6 is 0 Å². The fourth-order valence-corrected chi connectivity index (χ4v) is 17.0. The molecule has 94 heavy (non-hydrogen) atoms. The Kier molecular flexibility index (Phi) is 19.5. The van der Waals surface area contributed by atoms with Crippen molar-refractivity contribution in [2.45, 2.75) is 127 Å². The largest absolute Gasteiger partial charge is 0.497 e. The van der Waals surface area contributed by atoms with E-state index in [-0.39, 0.29) is 74.3 Å². The van der Waals surface area contributed by atoms with Crippen LogP contribution in [0.25, 0.3) is 44.3 Å². The molecule has 6 heterocycles. The third-order valence-electron chi connectivity index (χ3n) is 21.2. The highest BCUT2D eigenvalue weighted by Crippen LogP contribution is 2.68. The van der Waals surface area contributed by atoms with Crippen LogP contribution in [0, 0.1) is 10.8 Å². The van der Waals surface area contributed by atoms with Crippen LogP contribution in [0.2, 0.25) is 0 Å². The van der Waals surface area contributed by atoms with Crippen molar-refractivity contribution < 1.29 is 64.8 Å². The molecule has 2 aromatic heterocycles. The van der Waals surface area contributed by atoms with E-state index >= 15 is 0 Å². The van der Waals surface area contributed by atoms with Gasteiger partial charge in [0.05, 0.1) is 68.4 Å². The highest BCUT2D eigenvalue weighted by atomic mass is 32.2. The number of likely N-dealkylation sites (N-methyl/N-ethyl adjacent to an activating group) is 4. The minimum absolute atomic E-state index is 0.00910. The van der Waals surface area contributed by atoms with E-state index in [1.807, 2.05) is 37.4 Å². The number of carbonyl (C=O) groups excluding carboxylic acids is 3. The van der Waals surface area contributed by atoms with Crippen LogP contribution in [-0.2, 0) is 57.3 Å². The van der Waals surface area contributed by atoms with Crippen LogP contribution in [0.5, 0.6) is 11.5 Å². The Hall–Kier alpha value is -6.90. The summed E-state index contributed by atoms with van der Waals surface area (Å²) in [6.07, 6.45) is 15.4. The lowest BCUT2D eigenvalue weighted by Crippen LogP contribution is -2.43. The Bertz CT molecular complexity index is 4110. The number of fused-ring (bicyclic) bond motifs is 11. The molecule has 6 aromatic rings. The number of nitrogens with two attached hydrogens (primary N) is 1. The van der Waals surface area contributed by atoms with Gasteiger partial charge in [-0.3, -0.25) is 14.4 Å². The van der Waals surface area contributed by atoms with E-state index in [0.717, 1.165) is 147 Å². The Morgan fingerprint density at radius 2 is 1.24 bits per heavy atom. The normalized spacial score (nSPS) is 23.6. The summed E-state index contributed by atoms with van der Waals surface area (Å²) in [4.78, 5) is 57.7. The van der Waals surface area contributed by atoms with Crippen molar-refractivity contribution >= 4 is 65.9 Å². The summed E-state index contributed by atoms with van der Waals surface area (Å²) < 4.78 is 85.3. The number of rotatable bonds is 13. The second-order valence-corrected chi connectivity index (χ2v) is 30.4. The van der Waals surface area contributed by atoms with Gasteiger partial charge in [-0.1, -0.05) is 50.7 Å². The van der Waals surface area contributed by atoms with Gasteiger partial charge in [0, 0.05) is 131 Å². The van der Waals surface area contributed by atoms with Crippen molar-refractivity contribution in [3.63, 3.8) is 0 Å². The fourth-order valence-electron chi connectivity index (χ4n) is 15.8. The molecule has 22 nitrogen and oxygen atoms in total. The van der Waals surface area contributed by atoms with Crippen molar-refractivity contribution in [1.82, 2.24) is 32.3 Å². The topological polar surface area (TPSA) is 264 Å². The van der Waals surface area contributed by atoms with Gasteiger partial charge in [-0.25, -0.2) is 14.7 Å². The van der Waals surface area contributed by atoms with E-state index in [1.54, 1.807) is 49.3 Å². The highest BCUT2D eigenvalue weighted by Gasteiger charge is 2.65. The standard InChI is InChI=1S/C33H42N4O7S.C33H40N4O6S.C4H8O/c1-35(13-15-44-16-14-36(2)45(34,41)42)32(40)33-19-27(33)26-18-23(43-3)10-12-24(26)30-29(21-7-5-4-6-8-21)25-11-9-22(31(38)39)17-28(25)37(30)20-33;1-35-13-15-43-16-14-36(2)44(40,41)34-31(38)22-9-11-25-28(17-22)37-20-33(32(35)39)19-27(33)26-18-23(42-3)10-12-24(26)30(37)29(25)21-7-5-4-6-8-21;1-2-4-5-3-1/h9-12,17-18,21,27H,4-8,13-16,19-20H2,1-3H3,(H,38,39)(H2,34,41,42);9-12,17-18,21,27H,4-8,13-16,19-20H2,1-3H3,(H,34,38);1-4H2/t2*27-,33-;/m00./s1. The minimum Gasteiger partial charge on any atom is -0.497 e. The molecule has 1 spiro atoms. The number of hydrogen-bond donors (Lipinski definition) is 3. The molecule has 4 bridgehead atoms. The van der Waals surface area contributed by atoms with Gasteiger partial charge in [-0.15, -0.1) is 0 Å². The summed E-state index contributed by atoms with van der Waals surface area (Å²) >= 11 is 0. The number of carboxylic acid groups (broad SMARTS) is 1. The zero-order chi connectivity index (χ0) is 66.4. The number of carbonyl (C=O) groups is 4. The monoisotopic (exact) mass is 1330 g/mol. The summed E-state index contributed by atoms with van der Waals surface area (Å²) in [5.41, 5.74) is 10.0. The van der Waals surface area contributed by atoms with E-state index in [9.17, 15) is 41.1 Å². The van der Waals surface area contributed by atoms with E-state index in [4.69, 9.17) is 28.8 Å². The van der Waals surface area contributed by atoms with Crippen LogP contribution in [0.15, 0.2) is 72.8 Å². The number of aromatic nitrogens is 2. The molecule has 4 atom stereocenters. The first kappa shape index (κ1) is 67.1. The summed E-state index contributed by atoms with van der Waals surface area (Å²) in [6, 6.07) is 23.3. The number of amides is 3. The van der Waals surface area contributed by atoms with Crippen LogP contribution < -0.4 is 19.3 Å². The molecule has 4 aliphatic heterocycles. The van der Waals surface area contributed by atoms with Gasteiger partial charge in [0.25, 0.3) is 16.1 Å². The first-order chi connectivity index (χ1) is 45.1. The molecule has 24 heteroatoms. The first-order valence-corrected chi connectivity index (χ1v) is 36.2. The molecule has 3 amide bonds. The van der Waals surface area contributed by atoms with Gasteiger partial charge in [-0.2, -0.15) is 25.4 Å². The molecule has 4 N–H and O–H groups in total. The molecule has 506 valence electrons. The number of carboxylic acids is 1. The van der Waals surface area contributed by atoms with Crippen molar-refractivity contribution in [1.29, 1.82) is 0 Å². The molecule has 0 unspecified atom stereocenters. The number of aromatic carboxylic acids is 1. The second kappa shape index (κ2) is 27.3. The number of ether oxygens (including phenoxy) is 5. The average molecular weight is 1330 g/mol. The van der Waals surface area contributed by atoms with Crippen molar-refractivity contribution in [2.24, 2.45) is 16.0 Å². The number of benzene rings is 4. The maximum Gasteiger partial charge on any atom is 0.335 e. The minimum atomic E-state index is -4.08. The van der Waals surface area contributed by atoms with Crippen LogP contribution in [-0.4, -0.2) is 181 Å². The summed E-state index contributed by atoms with van der Waals surface area (Å²) in [5.74, 6) is 0.655. The molecular weight excluding hydrogens is 1240 g/mol. The Morgan fingerprint density at radius 3 is 1.82 bits per heavy atom. The van der Waals surface area contributed by atoms with E-state index in [1.165, 1.54) is 50.9 Å². The molecular formula is C70H90N8O14S2. The van der Waals surface area contributed by atoms with Crippen LogP contribution in [0.3, 0.4) is 0 Å². The van der Waals surface area contributed by atoms with E-state index < -0.39 is 43.1 Å². The smallest absolute Gasteiger partial charge is 0.335 e. The lowest BCUT2D eigenvalue weighted by molar-refractivity contribution is -0.137. The van der Waals surface area contributed by atoms with Crippen LogP contribution in [0.1, 0.15) is 157 Å². The van der Waals surface area contributed by atoms with E-state index in [2.05, 4.69) is 38.1 Å². The molecule has 14 rings (SSSR count). The molecule has 0 radical (unpaired) electrons. The number of nitrogens with one attached hydrogen (secondary N) is 1. The van der Waals surface area contributed by atoms with Gasteiger partial charge < -0.3 is 47.7 Å². The van der Waals surface area contributed by atoms with Gasteiger partial charge in [-0.05, 0) is 146 Å². The third kappa shape index (κ3) is 13.0. The Balaban J connectivity index is 0.000000168. The second-order valence-electron chi connectivity index (χ2n) is 27.0. The van der Waals surface area contributed by atoms with E-state index in [0.29, 0.717) is 44.4 Å². The predicted molar refractivity (Wildman–Crippen MR) is 358 cm³/mol. The number of methoxy groups -OCH3 is 2. The molecule has 5 fully saturated rings. The van der Waals surface area contributed by atoms with Gasteiger partial charge in [0.2, 0.25) is 11.8 Å². The highest BCUT2D eigenvalue weighted by molar-refractivity contribution is 7.87. The molecule has 4 aromatic carbocycles. The van der Waals surface area contributed by atoms with Gasteiger partial charge in [0.15, 0.2) is 0 Å². The SMILES string of the molecule is C1CCOC1.COc1ccc2c(c1)[C@@H]1C[C@]1(C(=O)N(C)CCOCCN(C)S(N)(=O)=O)Cn1c-2c(C2CCCCC2)c2ccc(C(=O)O)cc21.COc1ccc2c(c1)[C@@H]1C[C@]13Cn1c-2c(C2CCCCC2)c2ccc(cc21)C(=O)NS(=O)(=O)N(C)CCOCCN(C)C3=O. The third-order valence-corrected chi connectivity index (χ3v) is 23.7. The maximum atomic E-state index is 14.3. The van der Waals surface area contributed by atoms with Crippen molar-refractivity contribution in [3.05, 3.63) is 106 Å². The predicted octanol–water partition coefficient (Wildman–Crippen LogP) is 9.20. The van der Waals surface area contributed by atoms with Crippen molar-refractivity contribution in [3.8, 4) is 34.0 Å². The molecule has 4 saturated carbocycles. The van der Waals surface area contributed by atoms with Gasteiger partial charge in [0.1, 0.15) is 11.5 Å². The molecule has 8 aliphatic rings. The molecule has 1 saturated heterocycles. The maximum absolute atomic E-state index is 14.3. The van der Waals surface area contributed by atoms with Gasteiger partial charge >= 0.3 is 16.2 Å². The average Bonchev–Trinajstić information content (AvgIpc) is 1.53. The Morgan fingerprint density at radius 1 is 0.691 bits per heavy atom. The molecule has 4 aliphatic carbocycles. The summed E-state index contributed by atoms with van der Waals surface area (Å²) in [5, 5.41) is 17.2. The zero-order valence-electron chi connectivity index (χ0n) is 55.0. The van der Waals surface area contributed by atoms with Crippen molar-refractivity contribution in [2.75, 3.05) is 108 Å². The number of hydrogen-bond acceptors (Lipinski definition) is 13. The zero-order valence-corrected chi connectivity index (χ0v) is 56.6. The lowest BCUT2D eigenvalue weighted by Gasteiger charge is -2.26. The fraction of sp³-hybridized carbons (Fsp3) is 0.543. The van der Waals surface area contributed by atoms with Crippen LogP contribution in [0.4, 0.5) is 0 Å². The lowest BCUT2D eigenvalue weighted by atomic mass is 9.81. The summed E-state index contributed by atoms with van der Waals surface area (Å²) in [6.45, 7) is 4.66. The first-order valence-electron chi connectivity index (χ1n) is 33.3. The quantitative estimate of drug-likeness (QED) is 0.0911. The Labute approximate surface area is 551 Å².